The first-order valence-corrected chi connectivity index (χ1v) is 8.60. The molecule has 2 nitrogen and oxygen atoms in total. The van der Waals surface area contributed by atoms with Crippen LogP contribution in [-0.4, -0.2) is 78.5 Å². The maximum atomic E-state index is 13.6. The molecule has 0 spiro atoms. The summed E-state index contributed by atoms with van der Waals surface area (Å²) in [6.07, 6.45) is -12.1. The van der Waals surface area contributed by atoms with Crippen LogP contribution in [0, 0.1) is 0 Å². The lowest BCUT2D eigenvalue weighted by Crippen LogP contribution is -2.76. The van der Waals surface area contributed by atoms with Crippen LogP contribution in [0.25, 0.3) is 0 Å². The summed E-state index contributed by atoms with van der Waals surface area (Å²) in [5.74, 6) is -80.8. The number of esters is 1. The van der Waals surface area contributed by atoms with Gasteiger partial charge in [-0.1, -0.05) is 6.58 Å². The quantitative estimate of drug-likeness (QED) is 0.123. The van der Waals surface area contributed by atoms with Gasteiger partial charge in [0.25, 0.3) is 0 Å². The summed E-state index contributed by atoms with van der Waals surface area (Å²) in [5.41, 5.74) is -2.88. The normalized spacial score (nSPS) is 15.9. The number of hydrogen-bond donors (Lipinski definition) is 0. The zero-order valence-corrected chi connectivity index (χ0v) is 17.5. The summed E-state index contributed by atoms with van der Waals surface area (Å²) in [6.45, 7) is -2.13. The molecule has 25 heteroatoms. The molecule has 0 aliphatic carbocycles. The third-order valence-corrected chi connectivity index (χ3v) is 4.49. The average Bonchev–Trinajstić information content (AvgIpc) is 2.74. The van der Waals surface area contributed by atoms with E-state index in [0.717, 1.165) is 0 Å². The highest BCUT2D eigenvalue weighted by molar-refractivity contribution is 5.89. The molecular formula is C15H5F23O2. The molecule has 0 heterocycles. The molecule has 238 valence electrons. The van der Waals surface area contributed by atoms with Crippen LogP contribution in [0.5, 0.6) is 0 Å². The predicted octanol–water partition coefficient (Wildman–Crippen LogP) is 7.63. The Morgan fingerprint density at radius 2 is 0.800 bits per heavy atom. The van der Waals surface area contributed by atoms with Crippen molar-refractivity contribution in [2.75, 3.05) is 6.61 Å². The summed E-state index contributed by atoms with van der Waals surface area (Å²) in [6, 6.07) is 0. The molecule has 0 aromatic rings. The lowest BCUT2D eigenvalue weighted by atomic mass is 9.86. The third kappa shape index (κ3) is 5.08. The Morgan fingerprint density at radius 3 is 1.07 bits per heavy atom. The highest BCUT2D eigenvalue weighted by atomic mass is 19.4. The van der Waals surface area contributed by atoms with Gasteiger partial charge in [0.05, 0.1) is 0 Å². The number of halogens is 23. The zero-order chi connectivity index (χ0) is 33.1. The van der Waals surface area contributed by atoms with Gasteiger partial charge in [-0.15, -0.1) is 0 Å². The van der Waals surface area contributed by atoms with Gasteiger partial charge in [0.2, 0.25) is 0 Å². The molecule has 0 aromatic heterocycles. The molecule has 0 radical (unpaired) electrons. The molecule has 0 amide bonds. The second kappa shape index (κ2) is 9.86. The fourth-order valence-electron chi connectivity index (χ4n) is 2.01. The first-order chi connectivity index (χ1) is 17.0. The molecule has 40 heavy (non-hydrogen) atoms. The van der Waals surface area contributed by atoms with Crippen molar-refractivity contribution in [2.24, 2.45) is 0 Å². The smallest absolute Gasteiger partial charge is 0.422 e. The first kappa shape index (κ1) is 37.6. The molecular weight excluding hydrogens is 649 g/mol. The van der Waals surface area contributed by atoms with E-state index >= 15 is 0 Å². The predicted molar refractivity (Wildman–Crippen MR) is 76.7 cm³/mol. The molecule has 0 aliphatic rings. The SMILES string of the molecule is C=C(C(=O)OCC(F)(F)C(F)(F)C(F)(F)C(F)(F)C(F)(F)C(F)(F)C(F)(F)C(F)(F)C(F)(F)C(F)F)C(F)(F)F. The van der Waals surface area contributed by atoms with Crippen molar-refractivity contribution < 1.29 is 111 Å². The van der Waals surface area contributed by atoms with Gasteiger partial charge in [0, 0.05) is 0 Å². The highest BCUT2D eigenvalue weighted by Gasteiger charge is 2.96. The summed E-state index contributed by atoms with van der Waals surface area (Å²) in [5, 5.41) is 0. The van der Waals surface area contributed by atoms with E-state index in [1.54, 1.807) is 6.58 Å². The van der Waals surface area contributed by atoms with Crippen LogP contribution in [0.15, 0.2) is 12.2 Å². The Balaban J connectivity index is 6.76. The largest absolute Gasteiger partial charge is 0.455 e. The topological polar surface area (TPSA) is 26.3 Å². The van der Waals surface area contributed by atoms with Crippen molar-refractivity contribution >= 4 is 5.97 Å². The number of ether oxygens (including phenoxy) is 1. The zero-order valence-electron chi connectivity index (χ0n) is 17.5. The fourth-order valence-corrected chi connectivity index (χ4v) is 2.01. The van der Waals surface area contributed by atoms with Gasteiger partial charge in [-0.3, -0.25) is 0 Å². The van der Waals surface area contributed by atoms with Crippen LogP contribution in [-0.2, 0) is 9.53 Å². The van der Waals surface area contributed by atoms with Gasteiger partial charge in [0.15, 0.2) is 6.61 Å². The maximum absolute atomic E-state index is 13.6. The van der Waals surface area contributed by atoms with Gasteiger partial charge >= 0.3 is 71.9 Å². The van der Waals surface area contributed by atoms with Gasteiger partial charge < -0.3 is 4.74 Å². The van der Waals surface area contributed by atoms with Crippen molar-refractivity contribution in [1.29, 1.82) is 0 Å². The lowest BCUT2D eigenvalue weighted by molar-refractivity contribution is -0.465. The van der Waals surface area contributed by atoms with Crippen molar-refractivity contribution in [2.45, 2.75) is 65.9 Å². The van der Waals surface area contributed by atoms with Gasteiger partial charge in [-0.2, -0.15) is 92.2 Å². The van der Waals surface area contributed by atoms with Crippen LogP contribution in [0.4, 0.5) is 101 Å². The molecule has 0 bridgehead atoms. The summed E-state index contributed by atoms with van der Waals surface area (Å²) >= 11 is 0. The minimum Gasteiger partial charge on any atom is -0.455 e. The molecule has 0 saturated carbocycles. The van der Waals surface area contributed by atoms with E-state index in [9.17, 15) is 106 Å². The van der Waals surface area contributed by atoms with Crippen molar-refractivity contribution in [3.05, 3.63) is 12.2 Å². The summed E-state index contributed by atoms with van der Waals surface area (Å²) in [7, 11) is 0. The van der Waals surface area contributed by atoms with Crippen molar-refractivity contribution in [3.8, 4) is 0 Å². The van der Waals surface area contributed by atoms with E-state index in [0.29, 0.717) is 0 Å². The number of hydrogen-bond acceptors (Lipinski definition) is 2. The van der Waals surface area contributed by atoms with Gasteiger partial charge in [-0.05, 0) is 0 Å². The van der Waals surface area contributed by atoms with Gasteiger partial charge in [-0.25, -0.2) is 13.6 Å². The molecule has 0 fully saturated rings. The van der Waals surface area contributed by atoms with Crippen LogP contribution in [0.2, 0.25) is 0 Å². The average molecular weight is 654 g/mol. The number of carbonyl (C=O) groups is 1. The summed E-state index contributed by atoms with van der Waals surface area (Å²) in [4.78, 5) is 10.8. The first-order valence-electron chi connectivity index (χ1n) is 8.60. The van der Waals surface area contributed by atoms with Crippen LogP contribution >= 0.6 is 0 Å². The van der Waals surface area contributed by atoms with E-state index in [2.05, 4.69) is 4.74 Å². The Labute approximate surface area is 202 Å². The van der Waals surface area contributed by atoms with E-state index in [1.165, 1.54) is 0 Å². The van der Waals surface area contributed by atoms with Crippen molar-refractivity contribution in [3.63, 3.8) is 0 Å². The minimum atomic E-state index is -9.24. The number of rotatable bonds is 12. The third-order valence-electron chi connectivity index (χ3n) is 4.49. The Bertz CT molecular complexity index is 958. The fraction of sp³-hybridized carbons (Fsp3) is 0.800. The van der Waals surface area contributed by atoms with Crippen LogP contribution < -0.4 is 0 Å². The van der Waals surface area contributed by atoms with Gasteiger partial charge in [0.1, 0.15) is 5.57 Å². The lowest BCUT2D eigenvalue weighted by Gasteiger charge is -2.44. The van der Waals surface area contributed by atoms with E-state index in [1.807, 2.05) is 0 Å². The number of alkyl halides is 23. The summed E-state index contributed by atoms with van der Waals surface area (Å²) < 4.78 is 303. The van der Waals surface area contributed by atoms with Crippen LogP contribution in [0.1, 0.15) is 0 Å². The van der Waals surface area contributed by atoms with Crippen molar-refractivity contribution in [1.82, 2.24) is 0 Å². The Morgan fingerprint density at radius 1 is 0.525 bits per heavy atom. The molecule has 0 rings (SSSR count). The Kier molecular flexibility index (Phi) is 9.27. The monoisotopic (exact) mass is 654 g/mol. The maximum Gasteiger partial charge on any atom is 0.422 e. The minimum absolute atomic E-state index is 1.79. The van der Waals surface area contributed by atoms with E-state index in [4.69, 9.17) is 0 Å². The second-order valence-electron chi connectivity index (χ2n) is 7.20. The molecule has 0 aromatic carbocycles. The molecule has 0 N–H and O–H groups in total. The van der Waals surface area contributed by atoms with E-state index in [-0.39, 0.29) is 0 Å². The van der Waals surface area contributed by atoms with E-state index < -0.39 is 84.1 Å². The van der Waals surface area contributed by atoms with Crippen LogP contribution in [0.3, 0.4) is 0 Å². The molecule has 0 atom stereocenters. The number of carbonyl (C=O) groups excluding carboxylic acids is 1. The molecule has 0 saturated heterocycles. The molecule has 0 aliphatic heterocycles. The molecule has 0 unspecified atom stereocenters. The standard InChI is InChI=1S/C15H5F23O2/c1-3(8(22,23)24)4(39)40-2-6(18,19)9(25,26)11(29,30)13(33,34)15(37,38)14(35,36)12(31,32)10(27,28)7(20,21)5(16)17/h5H,1-2H2. The highest BCUT2D eigenvalue weighted by Crippen LogP contribution is 2.65. The Hall–Kier alpha value is -2.40. The second-order valence-corrected chi connectivity index (χ2v) is 7.20.